The Labute approximate surface area is 141 Å². The summed E-state index contributed by atoms with van der Waals surface area (Å²) in [6, 6.07) is 4.94. The quantitative estimate of drug-likeness (QED) is 0.848. The molecule has 0 aliphatic heterocycles. The number of hydrogen-bond acceptors (Lipinski definition) is 4. The fourth-order valence-electron chi connectivity index (χ4n) is 2.04. The van der Waals surface area contributed by atoms with Gasteiger partial charge in [-0.25, -0.2) is 8.78 Å². The molecule has 1 atom stereocenters. The van der Waals surface area contributed by atoms with Gasteiger partial charge < -0.3 is 15.8 Å². The molecule has 2 rings (SSSR count). The van der Waals surface area contributed by atoms with Crippen molar-refractivity contribution in [2.75, 3.05) is 18.5 Å². The molecule has 3 N–H and O–H groups in total. The smallest absolute Gasteiger partial charge is 0.149 e. The van der Waals surface area contributed by atoms with Gasteiger partial charge in [0.1, 0.15) is 24.0 Å². The molecule has 0 amide bonds. The van der Waals surface area contributed by atoms with Gasteiger partial charge in [-0.3, -0.25) is 4.98 Å². The highest BCUT2D eigenvalue weighted by atomic mass is 19.1. The third-order valence-corrected chi connectivity index (χ3v) is 3.53. The molecule has 24 heavy (non-hydrogen) atoms. The number of benzene rings is 1. The Kier molecular flexibility index (Phi) is 5.72. The van der Waals surface area contributed by atoms with Crippen LogP contribution in [0.4, 0.5) is 14.5 Å². The number of anilines is 1. The molecule has 1 aromatic carbocycles. The summed E-state index contributed by atoms with van der Waals surface area (Å²) in [5.41, 5.74) is 7.23. The molecule has 0 bridgehead atoms. The summed E-state index contributed by atoms with van der Waals surface area (Å²) in [6.45, 7) is 6.85. The second kappa shape index (κ2) is 7.57. The first kappa shape index (κ1) is 18.1. The number of pyridine rings is 1. The van der Waals surface area contributed by atoms with Crippen LogP contribution in [0.2, 0.25) is 0 Å². The third kappa shape index (κ3) is 5.16. The number of ether oxygens (including phenoxy) is 1. The zero-order valence-corrected chi connectivity index (χ0v) is 14.1. The molecular weight excluding hydrogens is 312 g/mol. The first-order valence-electron chi connectivity index (χ1n) is 7.78. The lowest BCUT2D eigenvalue weighted by Gasteiger charge is -2.20. The molecule has 0 radical (unpaired) electrons. The molecular formula is C18H23F2N3O. The summed E-state index contributed by atoms with van der Waals surface area (Å²) in [6.07, 6.45) is 3.45. The summed E-state index contributed by atoms with van der Waals surface area (Å²) in [5.74, 6) is -0.618. The number of rotatable bonds is 6. The lowest BCUT2D eigenvalue weighted by atomic mass is 9.88. The summed E-state index contributed by atoms with van der Waals surface area (Å²) < 4.78 is 32.0. The largest absolute Gasteiger partial charge is 0.490 e. The topological polar surface area (TPSA) is 60.2 Å². The van der Waals surface area contributed by atoms with Crippen LogP contribution in [0.25, 0.3) is 0 Å². The van der Waals surface area contributed by atoms with E-state index in [-0.39, 0.29) is 23.8 Å². The van der Waals surface area contributed by atoms with Crippen LogP contribution in [0.15, 0.2) is 36.7 Å². The summed E-state index contributed by atoms with van der Waals surface area (Å²) >= 11 is 0. The molecule has 1 aromatic heterocycles. The van der Waals surface area contributed by atoms with Gasteiger partial charge in [0.05, 0.1) is 17.9 Å². The van der Waals surface area contributed by atoms with Crippen LogP contribution in [0.3, 0.4) is 0 Å². The lowest BCUT2D eigenvalue weighted by Crippen LogP contribution is -2.35. The molecule has 0 aliphatic carbocycles. The number of hydrogen-bond donors (Lipinski definition) is 2. The lowest BCUT2D eigenvalue weighted by molar-refractivity contribution is 0.291. The first-order chi connectivity index (χ1) is 11.3. The van der Waals surface area contributed by atoms with E-state index < -0.39 is 11.6 Å². The predicted molar refractivity (Wildman–Crippen MR) is 91.3 cm³/mol. The van der Waals surface area contributed by atoms with Crippen molar-refractivity contribution in [3.63, 3.8) is 0 Å². The van der Waals surface area contributed by atoms with Crippen LogP contribution < -0.4 is 15.8 Å². The van der Waals surface area contributed by atoms with Crippen LogP contribution in [0.5, 0.6) is 5.75 Å². The van der Waals surface area contributed by atoms with E-state index in [1.165, 1.54) is 12.1 Å². The van der Waals surface area contributed by atoms with Crippen LogP contribution >= 0.6 is 0 Å². The van der Waals surface area contributed by atoms with E-state index in [1.807, 2.05) is 12.3 Å². The maximum absolute atomic E-state index is 13.5. The maximum Gasteiger partial charge on any atom is 0.149 e. The number of halogens is 2. The summed E-state index contributed by atoms with van der Waals surface area (Å²) in [4.78, 5) is 4.18. The van der Waals surface area contributed by atoms with E-state index in [1.54, 1.807) is 6.20 Å². The normalized spacial score (nSPS) is 12.8. The van der Waals surface area contributed by atoms with Gasteiger partial charge in [0.15, 0.2) is 0 Å². The zero-order valence-electron chi connectivity index (χ0n) is 14.1. The van der Waals surface area contributed by atoms with Crippen LogP contribution in [0.1, 0.15) is 26.3 Å². The van der Waals surface area contributed by atoms with Gasteiger partial charge in [0.2, 0.25) is 0 Å². The predicted octanol–water partition coefficient (Wildman–Crippen LogP) is 3.48. The maximum atomic E-state index is 13.5. The Morgan fingerprint density at radius 2 is 1.96 bits per heavy atom. The zero-order chi connectivity index (χ0) is 17.7. The fourth-order valence-corrected chi connectivity index (χ4v) is 2.04. The molecule has 0 aliphatic rings. The molecule has 0 saturated heterocycles. The van der Waals surface area contributed by atoms with E-state index in [2.05, 4.69) is 31.1 Å². The SMILES string of the molecule is CC(C)(C)c1cncc(OC[C@@H](N)CNc2ccc(F)cc2F)c1. The molecule has 2 aromatic rings. The highest BCUT2D eigenvalue weighted by Gasteiger charge is 2.15. The van der Waals surface area contributed by atoms with Crippen molar-refractivity contribution >= 4 is 5.69 Å². The molecule has 0 fully saturated rings. The van der Waals surface area contributed by atoms with Crippen molar-refractivity contribution in [2.24, 2.45) is 5.73 Å². The second-order valence-corrected chi connectivity index (χ2v) is 6.74. The summed E-state index contributed by atoms with van der Waals surface area (Å²) in [5, 5.41) is 2.85. The van der Waals surface area contributed by atoms with E-state index >= 15 is 0 Å². The fraction of sp³-hybridized carbons (Fsp3) is 0.389. The standard InChI is InChI=1S/C18H23F2N3O/c1-18(2,3)12-6-15(10-22-8-12)24-11-14(21)9-23-17-5-4-13(19)7-16(17)20/h4-8,10,14,23H,9,11,21H2,1-3H3/t14-/m0/s1. The molecule has 0 spiro atoms. The Balaban J connectivity index is 1.86. The van der Waals surface area contributed by atoms with Crippen molar-refractivity contribution in [1.29, 1.82) is 0 Å². The molecule has 6 heteroatoms. The Morgan fingerprint density at radius 1 is 1.21 bits per heavy atom. The third-order valence-electron chi connectivity index (χ3n) is 3.53. The minimum absolute atomic E-state index is 0.0177. The van der Waals surface area contributed by atoms with E-state index in [0.717, 1.165) is 11.6 Å². The summed E-state index contributed by atoms with van der Waals surface area (Å²) in [7, 11) is 0. The van der Waals surface area contributed by atoms with Crippen molar-refractivity contribution in [3.8, 4) is 5.75 Å². The van der Waals surface area contributed by atoms with E-state index in [9.17, 15) is 8.78 Å². The van der Waals surface area contributed by atoms with Gasteiger partial charge in [-0.1, -0.05) is 20.8 Å². The Morgan fingerprint density at radius 3 is 2.62 bits per heavy atom. The minimum Gasteiger partial charge on any atom is -0.490 e. The van der Waals surface area contributed by atoms with Crippen LogP contribution in [-0.2, 0) is 5.41 Å². The second-order valence-electron chi connectivity index (χ2n) is 6.74. The van der Waals surface area contributed by atoms with Crippen LogP contribution in [-0.4, -0.2) is 24.2 Å². The van der Waals surface area contributed by atoms with Crippen molar-refractivity contribution < 1.29 is 13.5 Å². The average molecular weight is 335 g/mol. The number of nitrogens with zero attached hydrogens (tertiary/aromatic N) is 1. The highest BCUT2D eigenvalue weighted by Crippen LogP contribution is 2.24. The van der Waals surface area contributed by atoms with E-state index in [0.29, 0.717) is 12.3 Å². The van der Waals surface area contributed by atoms with Gasteiger partial charge >= 0.3 is 0 Å². The minimum atomic E-state index is -0.648. The molecule has 0 saturated carbocycles. The molecule has 130 valence electrons. The highest BCUT2D eigenvalue weighted by molar-refractivity contribution is 5.44. The van der Waals surface area contributed by atoms with Gasteiger partial charge in [0.25, 0.3) is 0 Å². The van der Waals surface area contributed by atoms with Gasteiger partial charge in [-0.2, -0.15) is 0 Å². The van der Waals surface area contributed by atoms with Crippen molar-refractivity contribution in [3.05, 3.63) is 53.9 Å². The number of nitrogens with one attached hydrogen (secondary N) is 1. The monoisotopic (exact) mass is 335 g/mol. The van der Waals surface area contributed by atoms with E-state index in [4.69, 9.17) is 10.5 Å². The number of nitrogens with two attached hydrogens (primary N) is 1. The van der Waals surface area contributed by atoms with Crippen molar-refractivity contribution in [1.82, 2.24) is 4.98 Å². The Bertz CT molecular complexity index is 686. The van der Waals surface area contributed by atoms with Gasteiger partial charge in [0, 0.05) is 18.8 Å². The molecule has 4 nitrogen and oxygen atoms in total. The molecule has 1 heterocycles. The number of aromatic nitrogens is 1. The average Bonchev–Trinajstić information content (AvgIpc) is 2.51. The Hall–Kier alpha value is -2.21. The molecule has 0 unspecified atom stereocenters. The van der Waals surface area contributed by atoms with Crippen molar-refractivity contribution in [2.45, 2.75) is 32.2 Å². The van der Waals surface area contributed by atoms with Gasteiger partial charge in [-0.05, 0) is 29.2 Å². The first-order valence-corrected chi connectivity index (χ1v) is 7.78. The van der Waals surface area contributed by atoms with Gasteiger partial charge in [-0.15, -0.1) is 0 Å². The van der Waals surface area contributed by atoms with Crippen LogP contribution in [0, 0.1) is 11.6 Å².